The lowest BCUT2D eigenvalue weighted by atomic mass is 10.1. The molecular weight excluding hydrogens is 292 g/mol. The second-order valence-corrected chi connectivity index (χ2v) is 5.79. The highest BCUT2D eigenvalue weighted by Gasteiger charge is 2.18. The number of nitrogens with zero attached hydrogens (tertiary/aromatic N) is 1. The summed E-state index contributed by atoms with van der Waals surface area (Å²) in [6.45, 7) is 3.17. The minimum atomic E-state index is 0.627. The zero-order valence-corrected chi connectivity index (χ0v) is 12.7. The van der Waals surface area contributed by atoms with Gasteiger partial charge in [0.15, 0.2) is 0 Å². The Labute approximate surface area is 118 Å². The lowest BCUT2D eigenvalue weighted by molar-refractivity contribution is 0.194. The van der Waals surface area contributed by atoms with E-state index >= 15 is 0 Å². The van der Waals surface area contributed by atoms with Crippen LogP contribution in [0.25, 0.3) is 0 Å². The molecule has 1 fully saturated rings. The topological polar surface area (TPSA) is 24.5 Å². The molecule has 1 unspecified atom stereocenters. The van der Waals surface area contributed by atoms with Gasteiger partial charge in [-0.2, -0.15) is 0 Å². The van der Waals surface area contributed by atoms with Crippen LogP contribution in [0.1, 0.15) is 18.4 Å². The quantitative estimate of drug-likeness (QED) is 0.925. The number of piperidine rings is 1. The van der Waals surface area contributed by atoms with E-state index in [-0.39, 0.29) is 0 Å². The van der Waals surface area contributed by atoms with E-state index in [0.717, 1.165) is 29.9 Å². The summed E-state index contributed by atoms with van der Waals surface area (Å²) in [5.41, 5.74) is 1.24. The summed E-state index contributed by atoms with van der Waals surface area (Å²) in [6.07, 6.45) is 2.55. The van der Waals surface area contributed by atoms with Crippen LogP contribution in [0.3, 0.4) is 0 Å². The number of ether oxygens (including phenoxy) is 1. The SMILES string of the molecule is COc1ccc(Br)cc1CN(C)C1CCCNC1. The maximum Gasteiger partial charge on any atom is 0.123 e. The first kappa shape index (κ1) is 13.8. The summed E-state index contributed by atoms with van der Waals surface area (Å²) in [6, 6.07) is 6.81. The van der Waals surface area contributed by atoms with Crippen molar-refractivity contribution in [2.45, 2.75) is 25.4 Å². The molecule has 0 spiro atoms. The number of hydrogen-bond donors (Lipinski definition) is 1. The predicted octanol–water partition coefficient (Wildman–Crippen LogP) is 2.64. The van der Waals surface area contributed by atoms with Crippen molar-refractivity contribution in [1.82, 2.24) is 10.2 Å². The third-order valence-electron chi connectivity index (χ3n) is 3.56. The summed E-state index contributed by atoms with van der Waals surface area (Å²) in [7, 11) is 3.92. The third kappa shape index (κ3) is 3.46. The molecule has 0 amide bonds. The predicted molar refractivity (Wildman–Crippen MR) is 78.1 cm³/mol. The minimum absolute atomic E-state index is 0.627. The Morgan fingerprint density at radius 2 is 2.33 bits per heavy atom. The molecule has 2 rings (SSSR count). The molecule has 1 saturated heterocycles. The number of benzene rings is 1. The van der Waals surface area contributed by atoms with Crippen LogP contribution < -0.4 is 10.1 Å². The Balaban J connectivity index is 2.05. The van der Waals surface area contributed by atoms with Crippen LogP contribution in [0.2, 0.25) is 0 Å². The number of nitrogens with one attached hydrogen (secondary N) is 1. The molecule has 1 aromatic rings. The van der Waals surface area contributed by atoms with Crippen LogP contribution in [0.4, 0.5) is 0 Å². The number of rotatable bonds is 4. The zero-order valence-electron chi connectivity index (χ0n) is 11.1. The lowest BCUT2D eigenvalue weighted by Crippen LogP contribution is -2.43. The smallest absolute Gasteiger partial charge is 0.123 e. The van der Waals surface area contributed by atoms with Gasteiger partial charge in [-0.05, 0) is 44.6 Å². The normalized spacial score (nSPS) is 20.1. The Bertz CT molecular complexity index is 391. The highest BCUT2D eigenvalue weighted by atomic mass is 79.9. The average molecular weight is 313 g/mol. The summed E-state index contributed by atoms with van der Waals surface area (Å²) in [5.74, 6) is 0.966. The van der Waals surface area contributed by atoms with E-state index in [9.17, 15) is 0 Å². The fraction of sp³-hybridized carbons (Fsp3) is 0.571. The molecule has 1 atom stereocenters. The van der Waals surface area contributed by atoms with Crippen molar-refractivity contribution in [2.24, 2.45) is 0 Å². The molecule has 0 aromatic heterocycles. The van der Waals surface area contributed by atoms with Gasteiger partial charge in [0.05, 0.1) is 7.11 Å². The van der Waals surface area contributed by atoms with E-state index in [4.69, 9.17) is 4.74 Å². The van der Waals surface area contributed by atoms with Gasteiger partial charge in [-0.25, -0.2) is 0 Å². The van der Waals surface area contributed by atoms with Gasteiger partial charge < -0.3 is 10.1 Å². The zero-order chi connectivity index (χ0) is 13.0. The van der Waals surface area contributed by atoms with E-state index < -0.39 is 0 Å². The standard InChI is InChI=1S/C14H21BrN2O/c1-17(13-4-3-7-16-9-13)10-11-8-12(15)5-6-14(11)18-2/h5-6,8,13,16H,3-4,7,9-10H2,1-2H3. The van der Waals surface area contributed by atoms with E-state index in [1.54, 1.807) is 7.11 Å². The van der Waals surface area contributed by atoms with Crippen LogP contribution >= 0.6 is 15.9 Å². The Kier molecular flexibility index (Phi) is 5.03. The van der Waals surface area contributed by atoms with E-state index in [1.807, 2.05) is 12.1 Å². The molecule has 1 aliphatic heterocycles. The maximum atomic E-state index is 5.43. The first-order chi connectivity index (χ1) is 8.70. The number of likely N-dealkylation sites (N-methyl/N-ethyl adjacent to an activating group) is 1. The molecule has 0 bridgehead atoms. The van der Waals surface area contributed by atoms with Crippen molar-refractivity contribution in [3.05, 3.63) is 28.2 Å². The van der Waals surface area contributed by atoms with Gasteiger partial charge in [-0.15, -0.1) is 0 Å². The van der Waals surface area contributed by atoms with E-state index in [2.05, 4.69) is 39.3 Å². The van der Waals surface area contributed by atoms with Gasteiger partial charge in [0, 0.05) is 29.2 Å². The number of hydrogen-bond acceptors (Lipinski definition) is 3. The minimum Gasteiger partial charge on any atom is -0.496 e. The summed E-state index contributed by atoms with van der Waals surface area (Å²) in [5, 5.41) is 3.46. The molecule has 100 valence electrons. The number of halogens is 1. The van der Waals surface area contributed by atoms with Crippen molar-refractivity contribution in [3.8, 4) is 5.75 Å². The van der Waals surface area contributed by atoms with Crippen LogP contribution in [0.5, 0.6) is 5.75 Å². The van der Waals surface area contributed by atoms with Crippen molar-refractivity contribution >= 4 is 15.9 Å². The fourth-order valence-electron chi connectivity index (χ4n) is 2.48. The van der Waals surface area contributed by atoms with Gasteiger partial charge in [-0.1, -0.05) is 15.9 Å². The summed E-state index contributed by atoms with van der Waals surface area (Å²) >= 11 is 3.53. The second kappa shape index (κ2) is 6.55. The largest absolute Gasteiger partial charge is 0.496 e. The first-order valence-electron chi connectivity index (χ1n) is 6.44. The average Bonchev–Trinajstić information content (AvgIpc) is 2.40. The lowest BCUT2D eigenvalue weighted by Gasteiger charge is -2.32. The highest BCUT2D eigenvalue weighted by molar-refractivity contribution is 9.10. The molecule has 18 heavy (non-hydrogen) atoms. The molecule has 1 aromatic carbocycles. The van der Waals surface area contributed by atoms with Gasteiger partial charge in [0.25, 0.3) is 0 Å². The van der Waals surface area contributed by atoms with Gasteiger partial charge >= 0.3 is 0 Å². The van der Waals surface area contributed by atoms with Gasteiger partial charge in [0.1, 0.15) is 5.75 Å². The molecule has 1 N–H and O–H groups in total. The molecular formula is C14H21BrN2O. The van der Waals surface area contributed by atoms with Crippen molar-refractivity contribution in [2.75, 3.05) is 27.2 Å². The third-order valence-corrected chi connectivity index (χ3v) is 4.05. The fourth-order valence-corrected chi connectivity index (χ4v) is 2.89. The Hall–Kier alpha value is -0.580. The van der Waals surface area contributed by atoms with Crippen molar-refractivity contribution in [3.63, 3.8) is 0 Å². The van der Waals surface area contributed by atoms with Crippen LogP contribution in [-0.4, -0.2) is 38.2 Å². The molecule has 0 aliphatic carbocycles. The maximum absolute atomic E-state index is 5.43. The molecule has 1 heterocycles. The van der Waals surface area contributed by atoms with Crippen LogP contribution in [-0.2, 0) is 6.54 Å². The van der Waals surface area contributed by atoms with Crippen LogP contribution in [0, 0.1) is 0 Å². The summed E-state index contributed by atoms with van der Waals surface area (Å²) in [4.78, 5) is 2.41. The first-order valence-corrected chi connectivity index (χ1v) is 7.23. The molecule has 0 saturated carbocycles. The molecule has 4 heteroatoms. The molecule has 3 nitrogen and oxygen atoms in total. The van der Waals surface area contributed by atoms with E-state index in [1.165, 1.54) is 18.4 Å². The van der Waals surface area contributed by atoms with Gasteiger partial charge in [0.2, 0.25) is 0 Å². The molecule has 1 aliphatic rings. The van der Waals surface area contributed by atoms with Crippen LogP contribution in [0.15, 0.2) is 22.7 Å². The summed E-state index contributed by atoms with van der Waals surface area (Å²) < 4.78 is 6.53. The van der Waals surface area contributed by atoms with Gasteiger partial charge in [-0.3, -0.25) is 4.90 Å². The van der Waals surface area contributed by atoms with Crippen molar-refractivity contribution in [1.29, 1.82) is 0 Å². The van der Waals surface area contributed by atoms with E-state index in [0.29, 0.717) is 6.04 Å². The Morgan fingerprint density at radius 1 is 1.50 bits per heavy atom. The monoisotopic (exact) mass is 312 g/mol. The Morgan fingerprint density at radius 3 is 3.00 bits per heavy atom. The van der Waals surface area contributed by atoms with Crippen molar-refractivity contribution < 1.29 is 4.74 Å². The highest BCUT2D eigenvalue weighted by Crippen LogP contribution is 2.25. The number of methoxy groups -OCH3 is 1. The second-order valence-electron chi connectivity index (χ2n) is 4.87. The molecule has 0 radical (unpaired) electrons.